The number of ketones is 1. The minimum atomic E-state index is -1.11. The molecule has 14 heteroatoms. The number of hydrogen-bond acceptors (Lipinski definition) is 12. The first-order chi connectivity index (χ1) is 29.9. The monoisotopic (exact) mass is 874 g/mol. The maximum absolute atomic E-state index is 14.5. The predicted octanol–water partition coefficient (Wildman–Crippen LogP) is 0.159. The first-order valence-corrected chi connectivity index (χ1v) is 25.1. The van der Waals surface area contributed by atoms with Gasteiger partial charge in [0.1, 0.15) is 30.2 Å². The molecule has 0 aromatic heterocycles. The van der Waals surface area contributed by atoms with E-state index in [4.69, 9.17) is 19.9 Å². The Labute approximate surface area is 370 Å². The van der Waals surface area contributed by atoms with E-state index in [2.05, 4.69) is 42.0 Å². The Morgan fingerprint density at radius 2 is 1.77 bits per heavy atom. The summed E-state index contributed by atoms with van der Waals surface area (Å²) in [7, 11) is 0. The third-order valence-corrected chi connectivity index (χ3v) is 18.3. The van der Waals surface area contributed by atoms with Crippen LogP contribution in [0.15, 0.2) is 11.6 Å². The van der Waals surface area contributed by atoms with Gasteiger partial charge in [-0.1, -0.05) is 13.0 Å². The maximum Gasteiger partial charge on any atom is 0.339 e. The molecule has 62 heavy (non-hydrogen) atoms. The fraction of sp³-hybridized carbons (Fsp3) is 0.917. The number of ether oxygens (including phenoxy) is 3. The molecule has 3 aliphatic carbocycles. The lowest BCUT2D eigenvalue weighted by Gasteiger charge is -2.63. The first kappa shape index (κ1) is 47.0. The number of aliphatic hydroxyl groups is 4. The van der Waals surface area contributed by atoms with Gasteiger partial charge in [-0.3, -0.25) is 10.1 Å². The van der Waals surface area contributed by atoms with Gasteiger partial charge < -0.3 is 56.3 Å². The standard InChI is InChI=1S/C48H81N5O9/c1-5-26(22-50-6-2)47(59)61-37-20-34-43(58)41-36(57)19-31(23-54)60-45(41)42-40-32-14-15-52-46(49)39(32)28(10-9-27-11-12-30(56)18-33(27)35(40)24-55)17-29(48(37,4)62-44(34)42)16-25-8-13-38(51-7-3)53-21-25/h5,25,27-35,37-46,50-56,58H,6-24,49H2,1-4H3/p+2/t25?,27?,28?,29-,30?,31?,32?,33?,34?,35?,37+,38?,39?,40?,41?,42?,43?,44?,45?,46?,48+/m1/s1. The van der Waals surface area contributed by atoms with E-state index in [1.54, 1.807) is 0 Å². The molecule has 5 aliphatic heterocycles. The van der Waals surface area contributed by atoms with E-state index in [1.165, 1.54) is 0 Å². The summed E-state index contributed by atoms with van der Waals surface area (Å²) in [6.45, 7) is 11.9. The summed E-state index contributed by atoms with van der Waals surface area (Å²) in [6.07, 6.45) is 6.95. The van der Waals surface area contributed by atoms with E-state index in [1.807, 2.05) is 13.0 Å². The molecule has 5 heterocycles. The zero-order valence-electron chi connectivity index (χ0n) is 38.1. The molecule has 8 rings (SSSR count). The van der Waals surface area contributed by atoms with E-state index in [9.17, 15) is 30.0 Å². The first-order valence-electron chi connectivity index (χ1n) is 25.1. The van der Waals surface area contributed by atoms with Gasteiger partial charge >= 0.3 is 5.97 Å². The molecular weight excluding hydrogens is 791 g/mol. The number of carbonyl (C=O) groups excluding carboxylic acids is 2. The lowest BCUT2D eigenvalue weighted by atomic mass is 9.50. The Kier molecular flexibility index (Phi) is 15.2. The van der Waals surface area contributed by atoms with Crippen LogP contribution in [0.1, 0.15) is 105 Å². The van der Waals surface area contributed by atoms with Gasteiger partial charge in [0.2, 0.25) is 0 Å². The minimum Gasteiger partial charge on any atom is -0.456 e. The molecule has 0 aromatic carbocycles. The van der Waals surface area contributed by atoms with Crippen LogP contribution in [0.2, 0.25) is 0 Å². The summed E-state index contributed by atoms with van der Waals surface area (Å²) >= 11 is 0. The van der Waals surface area contributed by atoms with Crippen LogP contribution in [0.3, 0.4) is 0 Å². The highest BCUT2D eigenvalue weighted by Gasteiger charge is 2.67. The number of piperidine rings is 2. The van der Waals surface area contributed by atoms with Gasteiger partial charge in [-0.25, -0.2) is 4.79 Å². The van der Waals surface area contributed by atoms with Crippen molar-refractivity contribution in [1.29, 1.82) is 0 Å². The Bertz CT molecular complexity index is 1560. The largest absolute Gasteiger partial charge is 0.456 e. The number of esters is 1. The molecule has 8 fully saturated rings. The lowest BCUT2D eigenvalue weighted by molar-refractivity contribution is -0.708. The molecule has 4 bridgehead atoms. The number of allylic oxidation sites excluding steroid dienone is 1. The molecule has 0 amide bonds. The highest BCUT2D eigenvalue weighted by atomic mass is 16.6. The van der Waals surface area contributed by atoms with Crippen molar-refractivity contribution in [3.05, 3.63) is 11.6 Å². The van der Waals surface area contributed by atoms with Crippen LogP contribution >= 0.6 is 0 Å². The van der Waals surface area contributed by atoms with E-state index >= 15 is 0 Å². The number of nitrogens with two attached hydrogens (primary N) is 3. The van der Waals surface area contributed by atoms with Crippen LogP contribution < -0.4 is 27.0 Å². The van der Waals surface area contributed by atoms with Gasteiger partial charge in [-0.05, 0) is 145 Å². The van der Waals surface area contributed by atoms with E-state index in [-0.39, 0.29) is 79.0 Å². The van der Waals surface area contributed by atoms with Crippen molar-refractivity contribution < 1.29 is 54.9 Å². The molecule has 0 spiro atoms. The fourth-order valence-electron chi connectivity index (χ4n) is 15.3. The number of rotatable bonds is 11. The minimum absolute atomic E-state index is 0.0113. The smallest absolute Gasteiger partial charge is 0.339 e. The second-order valence-corrected chi connectivity index (χ2v) is 21.4. The van der Waals surface area contributed by atoms with Crippen molar-refractivity contribution in [2.24, 2.45) is 76.7 Å². The van der Waals surface area contributed by atoms with Crippen molar-refractivity contribution in [1.82, 2.24) is 10.6 Å². The molecule has 5 saturated heterocycles. The molecule has 0 aromatic rings. The third kappa shape index (κ3) is 8.99. The quantitative estimate of drug-likeness (QED) is 0.100. The summed E-state index contributed by atoms with van der Waals surface area (Å²) in [5, 5.41) is 58.3. The Hall–Kier alpha value is -1.56. The molecule has 18 unspecified atom stereocenters. The molecule has 0 radical (unpaired) electrons. The molecule has 3 saturated carbocycles. The summed E-state index contributed by atoms with van der Waals surface area (Å²) in [6, 6.07) is 0. The number of nitrogens with one attached hydrogen (secondary N) is 2. The van der Waals surface area contributed by atoms with Crippen LogP contribution in [0.5, 0.6) is 0 Å². The van der Waals surface area contributed by atoms with Gasteiger partial charge in [0, 0.05) is 37.2 Å². The summed E-state index contributed by atoms with van der Waals surface area (Å²) in [5.41, 5.74) is 7.01. The molecule has 352 valence electrons. The second-order valence-electron chi connectivity index (χ2n) is 21.4. The van der Waals surface area contributed by atoms with Crippen molar-refractivity contribution in [2.75, 3.05) is 45.9 Å². The normalized spacial score (nSPS) is 48.4. The van der Waals surface area contributed by atoms with Crippen LogP contribution in [-0.2, 0) is 23.8 Å². The highest BCUT2D eigenvalue weighted by molar-refractivity contribution is 5.88. The molecule has 8 aliphatic rings. The predicted molar refractivity (Wildman–Crippen MR) is 232 cm³/mol. The second kappa shape index (κ2) is 20.1. The number of Topliss-reactive ketones (excluding diaryl/α,β-unsaturated/α-hetero) is 1. The summed E-state index contributed by atoms with van der Waals surface area (Å²) in [4.78, 5) is 28.8. The van der Waals surface area contributed by atoms with Crippen molar-refractivity contribution in [3.63, 3.8) is 0 Å². The topological polar surface area (TPSA) is 226 Å². The SMILES string of the molecule is CC=C(C[NH2+]CC)C(=O)O[C@H]1CC2C(O)C3C(=O)CC(CO)OC3C3C2O[C@@]1(C)[C@H](CC1CCC(NCC)[NH2+]C1)CC1CCC2CCC(O)CC2C(CO)C3C2CCNC(N)C12. The molecule has 14 nitrogen and oxygen atoms in total. The number of aliphatic hydroxyl groups excluding tert-OH is 4. The molecule has 12 N–H and O–H groups in total. The van der Waals surface area contributed by atoms with Gasteiger partial charge in [0.25, 0.3) is 0 Å². The highest BCUT2D eigenvalue weighted by Crippen LogP contribution is 2.61. The number of fused-ring (bicyclic) bond motifs is 5. The van der Waals surface area contributed by atoms with E-state index in [0.717, 1.165) is 84.0 Å². The van der Waals surface area contributed by atoms with E-state index in [0.29, 0.717) is 43.0 Å². The maximum atomic E-state index is 14.5. The Morgan fingerprint density at radius 1 is 0.984 bits per heavy atom. The van der Waals surface area contributed by atoms with Gasteiger partial charge in [-0.15, -0.1) is 0 Å². The molecular formula is C48H83N5O9+2. The van der Waals surface area contributed by atoms with Crippen molar-refractivity contribution in [2.45, 2.75) is 159 Å². The number of quaternary nitrogens is 2. The van der Waals surface area contributed by atoms with Crippen LogP contribution in [0.4, 0.5) is 0 Å². The van der Waals surface area contributed by atoms with Crippen molar-refractivity contribution >= 4 is 11.8 Å². The average molecular weight is 874 g/mol. The number of likely N-dealkylation sites (N-methyl/N-ethyl adjacent to an activating group) is 1. The lowest BCUT2D eigenvalue weighted by Crippen LogP contribution is -2.95. The summed E-state index contributed by atoms with van der Waals surface area (Å²) in [5.74, 6) is -1.68. The average Bonchev–Trinajstić information content (AvgIpc) is 3.31. The summed E-state index contributed by atoms with van der Waals surface area (Å²) < 4.78 is 21.6. The number of carbonyl (C=O) groups is 2. The fourth-order valence-corrected chi connectivity index (χ4v) is 15.3. The Morgan fingerprint density at radius 3 is 2.48 bits per heavy atom. The van der Waals surface area contributed by atoms with E-state index < -0.39 is 60.0 Å². The zero-order chi connectivity index (χ0) is 43.9. The number of hydrogen-bond donors (Lipinski definition) is 9. The molecule has 21 atom stereocenters. The van der Waals surface area contributed by atoms with Crippen LogP contribution in [-0.4, -0.2) is 133 Å². The zero-order valence-corrected chi connectivity index (χ0v) is 38.1. The van der Waals surface area contributed by atoms with Gasteiger partial charge in [0.15, 0.2) is 0 Å². The van der Waals surface area contributed by atoms with Crippen LogP contribution in [0, 0.1) is 71.0 Å². The van der Waals surface area contributed by atoms with Gasteiger partial charge in [-0.2, -0.15) is 0 Å². The Balaban J connectivity index is 1.31. The van der Waals surface area contributed by atoms with Crippen LogP contribution in [0.25, 0.3) is 0 Å². The van der Waals surface area contributed by atoms with Crippen molar-refractivity contribution in [3.8, 4) is 0 Å². The third-order valence-electron chi connectivity index (χ3n) is 18.3. The van der Waals surface area contributed by atoms with Gasteiger partial charge in [0.05, 0.1) is 67.9 Å².